The smallest absolute Gasteiger partial charge is 0.303 e. The number of carbonyl (C=O) groups is 3. The number of anilines is 2. The molecule has 4 aromatic rings. The van der Waals surface area contributed by atoms with Gasteiger partial charge in [0.2, 0.25) is 0 Å². The van der Waals surface area contributed by atoms with Crippen LogP contribution in [0, 0.1) is 0 Å². The van der Waals surface area contributed by atoms with Crippen molar-refractivity contribution in [1.29, 1.82) is 0 Å². The van der Waals surface area contributed by atoms with Crippen molar-refractivity contribution in [2.75, 3.05) is 10.6 Å². The number of amides is 2. The second-order valence-corrected chi connectivity index (χ2v) is 7.64. The van der Waals surface area contributed by atoms with Crippen LogP contribution in [0.2, 0.25) is 0 Å². The van der Waals surface area contributed by atoms with Crippen LogP contribution < -0.4 is 10.6 Å². The molecule has 0 aliphatic rings. The quantitative estimate of drug-likeness (QED) is 0.327. The fraction of sp³-hybridized carbons (Fsp3) is 0.0741. The number of benzene rings is 3. The molecule has 0 atom stereocenters. The molecule has 0 aliphatic carbocycles. The summed E-state index contributed by atoms with van der Waals surface area (Å²) in [5.41, 5.74) is 4.34. The molecule has 0 unspecified atom stereocenters. The second-order valence-electron chi connectivity index (χ2n) is 7.64. The van der Waals surface area contributed by atoms with Crippen LogP contribution in [0.15, 0.2) is 95.8 Å². The fourth-order valence-electron chi connectivity index (χ4n) is 3.48. The summed E-state index contributed by atoms with van der Waals surface area (Å²) in [6, 6.07) is 22.7. The van der Waals surface area contributed by atoms with Gasteiger partial charge in [0.1, 0.15) is 0 Å². The summed E-state index contributed by atoms with van der Waals surface area (Å²) >= 11 is 0. The molecule has 0 fully saturated rings. The zero-order valence-corrected chi connectivity index (χ0v) is 18.2. The summed E-state index contributed by atoms with van der Waals surface area (Å²) < 4.78 is 5.09. The number of carboxylic acids is 1. The van der Waals surface area contributed by atoms with E-state index in [4.69, 9.17) is 9.52 Å². The Labute approximate surface area is 196 Å². The molecule has 1 aromatic heterocycles. The van der Waals surface area contributed by atoms with Crippen molar-refractivity contribution in [3.05, 3.63) is 108 Å². The van der Waals surface area contributed by atoms with E-state index >= 15 is 0 Å². The maximum absolute atomic E-state index is 12.9. The first-order valence-electron chi connectivity index (χ1n) is 10.6. The van der Waals surface area contributed by atoms with Gasteiger partial charge in [0.25, 0.3) is 11.8 Å². The van der Waals surface area contributed by atoms with Crippen LogP contribution in [-0.4, -0.2) is 22.9 Å². The van der Waals surface area contributed by atoms with Crippen molar-refractivity contribution < 1.29 is 23.9 Å². The van der Waals surface area contributed by atoms with Crippen molar-refractivity contribution >= 4 is 29.2 Å². The van der Waals surface area contributed by atoms with Gasteiger partial charge in [-0.15, -0.1) is 0 Å². The number of aryl methyl sites for hydroxylation is 1. The Hall–Kier alpha value is -4.65. The molecule has 0 aliphatic heterocycles. The van der Waals surface area contributed by atoms with Gasteiger partial charge in [-0.25, -0.2) is 0 Å². The fourth-order valence-corrected chi connectivity index (χ4v) is 3.48. The molecule has 0 saturated heterocycles. The Kier molecular flexibility index (Phi) is 6.84. The summed E-state index contributed by atoms with van der Waals surface area (Å²) in [6.45, 7) is 0. The average Bonchev–Trinajstić information content (AvgIpc) is 3.38. The maximum atomic E-state index is 12.9. The molecule has 3 aromatic carbocycles. The van der Waals surface area contributed by atoms with Crippen LogP contribution in [0.4, 0.5) is 11.4 Å². The third-order valence-electron chi connectivity index (χ3n) is 5.23. The number of hydrogen-bond acceptors (Lipinski definition) is 4. The molecule has 2 amide bonds. The van der Waals surface area contributed by atoms with Gasteiger partial charge < -0.3 is 20.2 Å². The van der Waals surface area contributed by atoms with E-state index in [1.165, 1.54) is 0 Å². The van der Waals surface area contributed by atoms with E-state index in [9.17, 15) is 14.4 Å². The zero-order valence-electron chi connectivity index (χ0n) is 18.2. The van der Waals surface area contributed by atoms with E-state index in [0.29, 0.717) is 28.9 Å². The molecule has 3 N–H and O–H groups in total. The predicted octanol–water partition coefficient (Wildman–Crippen LogP) is 5.47. The number of furan rings is 1. The minimum atomic E-state index is -0.879. The molecule has 7 heteroatoms. The molecular weight excluding hydrogens is 432 g/mol. The highest BCUT2D eigenvalue weighted by molar-refractivity contribution is 6.12. The van der Waals surface area contributed by atoms with E-state index in [1.54, 1.807) is 67.1 Å². The number of carboxylic acid groups (broad SMARTS) is 1. The molecule has 0 radical (unpaired) electrons. The minimum Gasteiger partial charge on any atom is -0.481 e. The lowest BCUT2D eigenvalue weighted by Crippen LogP contribution is -2.18. The van der Waals surface area contributed by atoms with Crippen molar-refractivity contribution in [3.8, 4) is 11.1 Å². The third-order valence-corrected chi connectivity index (χ3v) is 5.23. The normalized spacial score (nSPS) is 10.5. The van der Waals surface area contributed by atoms with Crippen LogP contribution in [0.1, 0.15) is 32.7 Å². The van der Waals surface area contributed by atoms with Crippen LogP contribution in [0.5, 0.6) is 0 Å². The molecule has 0 bridgehead atoms. The van der Waals surface area contributed by atoms with Crippen molar-refractivity contribution in [3.63, 3.8) is 0 Å². The highest BCUT2D eigenvalue weighted by atomic mass is 16.4. The van der Waals surface area contributed by atoms with Crippen LogP contribution in [0.25, 0.3) is 11.1 Å². The summed E-state index contributed by atoms with van der Waals surface area (Å²) in [6.07, 6.45) is 3.59. The summed E-state index contributed by atoms with van der Waals surface area (Å²) in [5.74, 6) is -1.61. The van der Waals surface area contributed by atoms with E-state index < -0.39 is 5.97 Å². The molecule has 0 spiro atoms. The molecular formula is C27H22N2O5. The van der Waals surface area contributed by atoms with Gasteiger partial charge in [0, 0.05) is 23.2 Å². The summed E-state index contributed by atoms with van der Waals surface area (Å²) in [4.78, 5) is 36.6. The number of para-hydroxylation sites is 1. The number of hydrogen-bond donors (Lipinski definition) is 3. The van der Waals surface area contributed by atoms with Crippen molar-refractivity contribution in [2.45, 2.75) is 12.8 Å². The monoisotopic (exact) mass is 454 g/mol. The molecule has 0 saturated carbocycles. The highest BCUT2D eigenvalue weighted by Crippen LogP contribution is 2.22. The van der Waals surface area contributed by atoms with Crippen LogP contribution in [0.3, 0.4) is 0 Å². The van der Waals surface area contributed by atoms with Gasteiger partial charge in [-0.1, -0.05) is 36.4 Å². The van der Waals surface area contributed by atoms with Crippen molar-refractivity contribution in [1.82, 2.24) is 0 Å². The van der Waals surface area contributed by atoms with E-state index in [1.807, 2.05) is 24.3 Å². The Morgan fingerprint density at radius 2 is 1.59 bits per heavy atom. The highest BCUT2D eigenvalue weighted by Gasteiger charge is 2.15. The maximum Gasteiger partial charge on any atom is 0.303 e. The van der Waals surface area contributed by atoms with Gasteiger partial charge in [0.05, 0.1) is 23.8 Å². The van der Waals surface area contributed by atoms with Gasteiger partial charge in [0.15, 0.2) is 0 Å². The first-order valence-corrected chi connectivity index (χ1v) is 10.6. The zero-order chi connectivity index (χ0) is 23.9. The summed E-state index contributed by atoms with van der Waals surface area (Å²) in [5, 5.41) is 14.5. The minimum absolute atomic E-state index is 0.00925. The average molecular weight is 454 g/mol. The lowest BCUT2D eigenvalue weighted by molar-refractivity contribution is -0.136. The first-order chi connectivity index (χ1) is 16.5. The lowest BCUT2D eigenvalue weighted by atomic mass is 10.1. The lowest BCUT2D eigenvalue weighted by Gasteiger charge is -2.12. The largest absolute Gasteiger partial charge is 0.481 e. The van der Waals surface area contributed by atoms with E-state index in [2.05, 4.69) is 10.6 Å². The molecule has 34 heavy (non-hydrogen) atoms. The number of rotatable bonds is 8. The van der Waals surface area contributed by atoms with Gasteiger partial charge in [-0.3, -0.25) is 14.4 Å². The summed E-state index contributed by atoms with van der Waals surface area (Å²) in [7, 11) is 0. The number of carbonyl (C=O) groups excluding carboxylic acids is 2. The Balaban J connectivity index is 1.46. The topological polar surface area (TPSA) is 109 Å². The SMILES string of the molecule is O=C(O)CCc1cccc(NC(=O)c2ccccc2NC(=O)c2ccc(-c3ccoc3)cc2)c1. The van der Waals surface area contributed by atoms with Gasteiger partial charge >= 0.3 is 5.97 Å². The van der Waals surface area contributed by atoms with Crippen LogP contribution in [-0.2, 0) is 11.2 Å². The Bertz CT molecular complexity index is 1310. The molecule has 1 heterocycles. The standard InChI is InChI=1S/C27H22N2O5/c30-25(31)13-8-18-4-3-5-22(16-18)28-27(33)23-6-1-2-7-24(23)29-26(32)20-11-9-19(10-12-20)21-14-15-34-17-21/h1-7,9-12,14-17H,8,13H2,(H,28,33)(H,29,32)(H,30,31). The van der Waals surface area contributed by atoms with Crippen molar-refractivity contribution in [2.24, 2.45) is 0 Å². The Morgan fingerprint density at radius 3 is 2.32 bits per heavy atom. The molecule has 4 rings (SSSR count). The van der Waals surface area contributed by atoms with Gasteiger partial charge in [-0.05, 0) is 60.0 Å². The first kappa shape index (κ1) is 22.5. The van der Waals surface area contributed by atoms with Gasteiger partial charge in [-0.2, -0.15) is 0 Å². The van der Waals surface area contributed by atoms with E-state index in [0.717, 1.165) is 16.7 Å². The third kappa shape index (κ3) is 5.58. The second kappa shape index (κ2) is 10.3. The number of nitrogens with one attached hydrogen (secondary N) is 2. The van der Waals surface area contributed by atoms with Crippen LogP contribution >= 0.6 is 0 Å². The number of aliphatic carboxylic acids is 1. The molecule has 170 valence electrons. The Morgan fingerprint density at radius 1 is 0.794 bits per heavy atom. The molecule has 7 nitrogen and oxygen atoms in total. The van der Waals surface area contributed by atoms with E-state index in [-0.39, 0.29) is 18.2 Å². The predicted molar refractivity (Wildman–Crippen MR) is 129 cm³/mol.